The molecule has 0 aromatic carbocycles. The number of H-pyrrole nitrogens is 1. The fourth-order valence-corrected chi connectivity index (χ4v) is 2.25. The number of aromatic nitrogens is 3. The molecule has 1 saturated carbocycles. The predicted octanol–water partition coefficient (Wildman–Crippen LogP) is 1.83. The summed E-state index contributed by atoms with van der Waals surface area (Å²) in [6.45, 7) is 2.83. The Kier molecular flexibility index (Phi) is 2.09. The third kappa shape index (κ3) is 1.45. The largest absolute Gasteiger partial charge is 0.327 e. The van der Waals surface area contributed by atoms with Gasteiger partial charge < -0.3 is 0 Å². The van der Waals surface area contributed by atoms with Gasteiger partial charge in [-0.05, 0) is 37.3 Å². The Labute approximate surface area is 93.3 Å². The van der Waals surface area contributed by atoms with Crippen LogP contribution in [0, 0.1) is 12.8 Å². The number of nitrogens with one attached hydrogen (secondary N) is 1. The molecule has 16 heavy (non-hydrogen) atoms. The van der Waals surface area contributed by atoms with Crippen LogP contribution in [0.3, 0.4) is 0 Å². The van der Waals surface area contributed by atoms with Crippen molar-refractivity contribution in [2.75, 3.05) is 0 Å². The molecule has 2 aromatic rings. The summed E-state index contributed by atoms with van der Waals surface area (Å²) in [7, 11) is 0. The molecule has 2 heterocycles. The van der Waals surface area contributed by atoms with E-state index in [9.17, 15) is 4.79 Å². The molecular weight excluding hydrogens is 202 g/mol. The van der Waals surface area contributed by atoms with Gasteiger partial charge in [0.1, 0.15) is 0 Å². The van der Waals surface area contributed by atoms with Crippen LogP contribution in [0.1, 0.15) is 24.8 Å². The number of rotatable bonds is 2. The van der Waals surface area contributed by atoms with Gasteiger partial charge in [-0.1, -0.05) is 6.42 Å². The van der Waals surface area contributed by atoms with Gasteiger partial charge in [-0.25, -0.2) is 9.78 Å². The summed E-state index contributed by atoms with van der Waals surface area (Å²) in [6, 6.07) is 2.03. The van der Waals surface area contributed by atoms with Crippen LogP contribution in [0.25, 0.3) is 11.2 Å². The maximum absolute atomic E-state index is 11.8. The second-order valence-corrected chi connectivity index (χ2v) is 4.72. The molecule has 1 fully saturated rings. The minimum atomic E-state index is -0.0278. The van der Waals surface area contributed by atoms with E-state index in [1.165, 1.54) is 19.3 Å². The Morgan fingerprint density at radius 3 is 3.06 bits per heavy atom. The summed E-state index contributed by atoms with van der Waals surface area (Å²) in [5, 5.41) is 0. The smallest absolute Gasteiger partial charge is 0.290 e. The van der Waals surface area contributed by atoms with E-state index < -0.39 is 0 Å². The SMILES string of the molecule is Cc1cnc2[nH]c(=O)n(CC3CCC3)c2c1. The average Bonchev–Trinajstić information content (AvgIpc) is 2.48. The van der Waals surface area contributed by atoms with Crippen LogP contribution in [0.5, 0.6) is 0 Å². The molecule has 4 heteroatoms. The minimum Gasteiger partial charge on any atom is -0.290 e. The van der Waals surface area contributed by atoms with E-state index in [0.29, 0.717) is 11.6 Å². The Morgan fingerprint density at radius 1 is 1.56 bits per heavy atom. The van der Waals surface area contributed by atoms with Crippen LogP contribution < -0.4 is 5.69 Å². The third-order valence-electron chi connectivity index (χ3n) is 3.43. The van der Waals surface area contributed by atoms with Crippen molar-refractivity contribution < 1.29 is 0 Å². The summed E-state index contributed by atoms with van der Waals surface area (Å²) >= 11 is 0. The zero-order chi connectivity index (χ0) is 11.1. The number of fused-ring (bicyclic) bond motifs is 1. The summed E-state index contributed by atoms with van der Waals surface area (Å²) in [6.07, 6.45) is 5.59. The molecule has 1 aliphatic carbocycles. The molecule has 0 aliphatic heterocycles. The number of imidazole rings is 1. The molecule has 0 bridgehead atoms. The number of aromatic amines is 1. The van der Waals surface area contributed by atoms with E-state index in [0.717, 1.165) is 17.6 Å². The molecule has 0 radical (unpaired) electrons. The summed E-state index contributed by atoms with van der Waals surface area (Å²) in [4.78, 5) is 18.8. The Balaban J connectivity index is 2.09. The van der Waals surface area contributed by atoms with E-state index in [1.54, 1.807) is 6.20 Å². The summed E-state index contributed by atoms with van der Waals surface area (Å²) in [5.74, 6) is 0.678. The highest BCUT2D eigenvalue weighted by atomic mass is 16.1. The molecular formula is C12H15N3O. The first-order valence-electron chi connectivity index (χ1n) is 5.79. The highest BCUT2D eigenvalue weighted by Gasteiger charge is 2.20. The second kappa shape index (κ2) is 3.47. The number of hydrogen-bond donors (Lipinski definition) is 1. The summed E-state index contributed by atoms with van der Waals surface area (Å²) < 4.78 is 1.83. The van der Waals surface area contributed by atoms with Gasteiger partial charge in [-0.15, -0.1) is 0 Å². The molecule has 0 amide bonds. The van der Waals surface area contributed by atoms with Crippen LogP contribution >= 0.6 is 0 Å². The van der Waals surface area contributed by atoms with Crippen molar-refractivity contribution in [3.05, 3.63) is 28.3 Å². The van der Waals surface area contributed by atoms with Crippen molar-refractivity contribution in [3.63, 3.8) is 0 Å². The quantitative estimate of drug-likeness (QED) is 0.834. The molecule has 0 atom stereocenters. The Hall–Kier alpha value is -1.58. The number of nitrogens with zero attached hydrogens (tertiary/aromatic N) is 2. The second-order valence-electron chi connectivity index (χ2n) is 4.72. The first kappa shape index (κ1) is 9.63. The van der Waals surface area contributed by atoms with Gasteiger partial charge >= 0.3 is 5.69 Å². The van der Waals surface area contributed by atoms with Crippen LogP contribution in [0.4, 0.5) is 0 Å². The molecule has 0 saturated heterocycles. The maximum Gasteiger partial charge on any atom is 0.327 e. The number of pyridine rings is 1. The number of aryl methyl sites for hydroxylation is 1. The fraction of sp³-hybridized carbons (Fsp3) is 0.500. The van der Waals surface area contributed by atoms with Crippen molar-refractivity contribution in [1.82, 2.24) is 14.5 Å². The van der Waals surface area contributed by atoms with Gasteiger partial charge in [0.05, 0.1) is 5.52 Å². The van der Waals surface area contributed by atoms with Crippen molar-refractivity contribution in [3.8, 4) is 0 Å². The van der Waals surface area contributed by atoms with Gasteiger partial charge in [0.15, 0.2) is 5.65 Å². The topological polar surface area (TPSA) is 50.7 Å². The van der Waals surface area contributed by atoms with E-state index in [1.807, 2.05) is 17.6 Å². The molecule has 3 rings (SSSR count). The van der Waals surface area contributed by atoms with E-state index in [-0.39, 0.29) is 5.69 Å². The van der Waals surface area contributed by atoms with E-state index in [2.05, 4.69) is 9.97 Å². The van der Waals surface area contributed by atoms with Crippen molar-refractivity contribution in [2.45, 2.75) is 32.7 Å². The van der Waals surface area contributed by atoms with Crippen LogP contribution in [0.2, 0.25) is 0 Å². The van der Waals surface area contributed by atoms with Crippen molar-refractivity contribution >= 4 is 11.2 Å². The lowest BCUT2D eigenvalue weighted by Gasteiger charge is -2.25. The zero-order valence-electron chi connectivity index (χ0n) is 9.36. The molecule has 1 aliphatic rings. The lowest BCUT2D eigenvalue weighted by atomic mass is 9.85. The van der Waals surface area contributed by atoms with Crippen molar-refractivity contribution in [1.29, 1.82) is 0 Å². The fourth-order valence-electron chi connectivity index (χ4n) is 2.25. The Bertz CT molecular complexity index is 577. The molecule has 0 spiro atoms. The normalized spacial score (nSPS) is 16.6. The molecule has 84 valence electrons. The average molecular weight is 217 g/mol. The van der Waals surface area contributed by atoms with Crippen LogP contribution in [-0.2, 0) is 6.54 Å². The first-order chi connectivity index (χ1) is 7.74. The van der Waals surface area contributed by atoms with Gasteiger partial charge in [-0.3, -0.25) is 9.55 Å². The van der Waals surface area contributed by atoms with E-state index >= 15 is 0 Å². The third-order valence-corrected chi connectivity index (χ3v) is 3.43. The maximum atomic E-state index is 11.8. The lowest BCUT2D eigenvalue weighted by Crippen LogP contribution is -2.25. The zero-order valence-corrected chi connectivity index (χ0v) is 9.36. The predicted molar refractivity (Wildman–Crippen MR) is 62.4 cm³/mol. The first-order valence-corrected chi connectivity index (χ1v) is 5.79. The standard InChI is InChI=1S/C12H15N3O/c1-8-5-10-11(13-6-8)14-12(16)15(10)7-9-3-2-4-9/h5-6,9H,2-4,7H2,1H3,(H,13,14,16). The highest BCUT2D eigenvalue weighted by molar-refractivity contribution is 5.71. The molecule has 1 N–H and O–H groups in total. The van der Waals surface area contributed by atoms with Crippen LogP contribution in [0.15, 0.2) is 17.1 Å². The monoisotopic (exact) mass is 217 g/mol. The van der Waals surface area contributed by atoms with Gasteiger partial charge in [0.25, 0.3) is 0 Å². The van der Waals surface area contributed by atoms with Crippen LogP contribution in [-0.4, -0.2) is 14.5 Å². The van der Waals surface area contributed by atoms with Gasteiger partial charge in [0.2, 0.25) is 0 Å². The minimum absolute atomic E-state index is 0.0278. The van der Waals surface area contributed by atoms with Gasteiger partial charge in [-0.2, -0.15) is 0 Å². The van der Waals surface area contributed by atoms with Gasteiger partial charge in [0, 0.05) is 12.7 Å². The lowest BCUT2D eigenvalue weighted by molar-refractivity contribution is 0.277. The van der Waals surface area contributed by atoms with E-state index in [4.69, 9.17) is 0 Å². The molecule has 2 aromatic heterocycles. The van der Waals surface area contributed by atoms with Crippen molar-refractivity contribution in [2.24, 2.45) is 5.92 Å². The molecule has 0 unspecified atom stereocenters. The molecule has 4 nitrogen and oxygen atoms in total. The number of hydrogen-bond acceptors (Lipinski definition) is 2. The Morgan fingerprint density at radius 2 is 2.38 bits per heavy atom. The highest BCUT2D eigenvalue weighted by Crippen LogP contribution is 2.28. The summed E-state index contributed by atoms with van der Waals surface area (Å²) in [5.41, 5.74) is 2.71.